The molecule has 40 heavy (non-hydrogen) atoms. The normalized spacial score (nSPS) is 23.8. The molecular weight excluding hydrogens is 500 g/mol. The van der Waals surface area contributed by atoms with Gasteiger partial charge in [-0.3, -0.25) is 14.4 Å². The Kier molecular flexibility index (Phi) is 5.46. The summed E-state index contributed by atoms with van der Waals surface area (Å²) in [6, 6.07) is 29.7. The highest BCUT2D eigenvalue weighted by Crippen LogP contribution is 2.58. The second kappa shape index (κ2) is 9.06. The zero-order valence-corrected chi connectivity index (χ0v) is 21.8. The minimum Gasteiger partial charge on any atom is -0.497 e. The van der Waals surface area contributed by atoms with E-state index < -0.39 is 23.4 Å². The quantitative estimate of drug-likeness (QED) is 0.345. The van der Waals surface area contributed by atoms with E-state index in [1.807, 2.05) is 83.8 Å². The standard InChI is InChI=1S/C34H26N2O4/c1-40-24-18-15-23(16-19-24)31(38)32-34(25-12-6-7-13-26(25)35-33(34)39)29(30(37)22-10-3-2-4-11-22)28-20-17-21-9-5-8-14-27(21)36(28)32/h2-20,28-29,32H,1H3,(H,35,39)/t28-,29-,32+,34+/m1/s1. The number of fused-ring (bicyclic) bond motifs is 5. The van der Waals surface area contributed by atoms with Crippen LogP contribution in [0.25, 0.3) is 6.08 Å². The van der Waals surface area contributed by atoms with Crippen molar-refractivity contribution in [2.24, 2.45) is 5.92 Å². The van der Waals surface area contributed by atoms with Crippen molar-refractivity contribution in [3.05, 3.63) is 131 Å². The number of methoxy groups -OCH3 is 1. The third kappa shape index (κ3) is 3.26. The zero-order chi connectivity index (χ0) is 27.4. The van der Waals surface area contributed by atoms with Gasteiger partial charge in [-0.15, -0.1) is 0 Å². The number of rotatable bonds is 5. The van der Waals surface area contributed by atoms with E-state index in [0.717, 1.165) is 11.3 Å². The molecule has 0 aliphatic carbocycles. The van der Waals surface area contributed by atoms with Gasteiger partial charge in [0.25, 0.3) is 0 Å². The van der Waals surface area contributed by atoms with Crippen molar-refractivity contribution in [3.8, 4) is 5.75 Å². The summed E-state index contributed by atoms with van der Waals surface area (Å²) in [6.07, 6.45) is 3.97. The molecule has 0 saturated carbocycles. The first-order valence-corrected chi connectivity index (χ1v) is 13.3. The molecule has 4 atom stereocenters. The Morgan fingerprint density at radius 3 is 2.25 bits per heavy atom. The lowest BCUT2D eigenvalue weighted by Crippen LogP contribution is -2.55. The monoisotopic (exact) mass is 526 g/mol. The van der Waals surface area contributed by atoms with Crippen LogP contribution >= 0.6 is 0 Å². The van der Waals surface area contributed by atoms with Gasteiger partial charge in [-0.2, -0.15) is 0 Å². The summed E-state index contributed by atoms with van der Waals surface area (Å²) < 4.78 is 5.32. The molecule has 0 radical (unpaired) electrons. The maximum absolute atomic E-state index is 14.7. The van der Waals surface area contributed by atoms with Crippen LogP contribution in [0.3, 0.4) is 0 Å². The highest BCUT2D eigenvalue weighted by Gasteiger charge is 2.70. The first-order chi connectivity index (χ1) is 19.6. The predicted octanol–water partition coefficient (Wildman–Crippen LogP) is 5.55. The van der Waals surface area contributed by atoms with Gasteiger partial charge in [0.15, 0.2) is 11.6 Å². The third-order valence-electron chi connectivity index (χ3n) is 8.51. The number of ether oxygens (including phenoxy) is 1. The fourth-order valence-electron chi connectivity index (χ4n) is 6.83. The van der Waals surface area contributed by atoms with Crippen LogP contribution in [0.4, 0.5) is 11.4 Å². The molecule has 6 nitrogen and oxygen atoms in total. The van der Waals surface area contributed by atoms with Crippen LogP contribution in [-0.2, 0) is 10.2 Å². The van der Waals surface area contributed by atoms with Gasteiger partial charge in [-0.1, -0.05) is 78.9 Å². The Balaban J connectivity index is 1.53. The first-order valence-electron chi connectivity index (χ1n) is 13.3. The molecule has 3 heterocycles. The van der Waals surface area contributed by atoms with Crippen molar-refractivity contribution in [1.82, 2.24) is 0 Å². The van der Waals surface area contributed by atoms with Crippen LogP contribution in [0.1, 0.15) is 31.8 Å². The van der Waals surface area contributed by atoms with Gasteiger partial charge in [-0.25, -0.2) is 0 Å². The number of carbonyl (C=O) groups is 3. The van der Waals surface area contributed by atoms with Crippen molar-refractivity contribution < 1.29 is 19.1 Å². The lowest BCUT2D eigenvalue weighted by atomic mass is 9.63. The number of nitrogens with zero attached hydrogens (tertiary/aromatic N) is 1. The van der Waals surface area contributed by atoms with Crippen LogP contribution in [0, 0.1) is 5.92 Å². The number of carbonyl (C=O) groups excluding carboxylic acids is 3. The minimum absolute atomic E-state index is 0.170. The van der Waals surface area contributed by atoms with E-state index in [1.54, 1.807) is 43.5 Å². The number of benzene rings is 4. The molecule has 1 saturated heterocycles. The first kappa shape index (κ1) is 24.1. The molecule has 1 amide bonds. The van der Waals surface area contributed by atoms with Gasteiger partial charge in [0.2, 0.25) is 5.91 Å². The van der Waals surface area contributed by atoms with Crippen molar-refractivity contribution in [1.29, 1.82) is 0 Å². The molecule has 1 spiro atoms. The molecule has 196 valence electrons. The van der Waals surface area contributed by atoms with Crippen molar-refractivity contribution in [3.63, 3.8) is 0 Å². The summed E-state index contributed by atoms with van der Waals surface area (Å²) in [6.45, 7) is 0. The molecule has 1 N–H and O–H groups in total. The van der Waals surface area contributed by atoms with E-state index in [1.165, 1.54) is 0 Å². The maximum Gasteiger partial charge on any atom is 0.238 e. The van der Waals surface area contributed by atoms with Gasteiger partial charge in [0.1, 0.15) is 17.2 Å². The maximum atomic E-state index is 14.7. The summed E-state index contributed by atoms with van der Waals surface area (Å²) in [4.78, 5) is 45.7. The zero-order valence-electron chi connectivity index (χ0n) is 21.8. The number of ketones is 2. The number of para-hydroxylation sites is 2. The van der Waals surface area contributed by atoms with E-state index in [0.29, 0.717) is 28.1 Å². The van der Waals surface area contributed by atoms with Crippen LogP contribution in [-0.4, -0.2) is 36.7 Å². The second-order valence-electron chi connectivity index (χ2n) is 10.4. The Labute approximate surface area is 231 Å². The average Bonchev–Trinajstić information content (AvgIpc) is 3.48. The number of amides is 1. The van der Waals surface area contributed by atoms with Gasteiger partial charge in [0, 0.05) is 22.5 Å². The molecule has 4 aromatic rings. The number of anilines is 2. The molecular formula is C34H26N2O4. The Hall–Kier alpha value is -4.97. The summed E-state index contributed by atoms with van der Waals surface area (Å²) in [5.74, 6) is -0.960. The molecule has 3 aliphatic rings. The molecule has 0 bridgehead atoms. The summed E-state index contributed by atoms with van der Waals surface area (Å²) in [7, 11) is 1.57. The number of hydrogen-bond donors (Lipinski definition) is 1. The summed E-state index contributed by atoms with van der Waals surface area (Å²) in [5.41, 5.74) is 2.54. The van der Waals surface area contributed by atoms with E-state index in [-0.39, 0.29) is 17.5 Å². The molecule has 4 aromatic carbocycles. The lowest BCUT2D eigenvalue weighted by Gasteiger charge is -2.37. The average molecular weight is 527 g/mol. The predicted molar refractivity (Wildman–Crippen MR) is 154 cm³/mol. The van der Waals surface area contributed by atoms with Crippen molar-refractivity contribution >= 4 is 34.9 Å². The Morgan fingerprint density at radius 2 is 1.48 bits per heavy atom. The van der Waals surface area contributed by atoms with E-state index in [9.17, 15) is 14.4 Å². The largest absolute Gasteiger partial charge is 0.497 e. The highest BCUT2D eigenvalue weighted by atomic mass is 16.5. The Bertz CT molecular complexity index is 1690. The van der Waals surface area contributed by atoms with E-state index in [2.05, 4.69) is 5.32 Å². The number of Topliss-reactive ketones (excluding diaryl/α,β-unsaturated/α-hetero) is 2. The topological polar surface area (TPSA) is 75.7 Å². The summed E-state index contributed by atoms with van der Waals surface area (Å²) >= 11 is 0. The third-order valence-corrected chi connectivity index (χ3v) is 8.51. The summed E-state index contributed by atoms with van der Waals surface area (Å²) in [5, 5.41) is 3.04. The molecule has 0 aromatic heterocycles. The van der Waals surface area contributed by atoms with Crippen LogP contribution in [0.2, 0.25) is 0 Å². The van der Waals surface area contributed by atoms with Crippen molar-refractivity contribution in [2.45, 2.75) is 17.5 Å². The van der Waals surface area contributed by atoms with Gasteiger partial charge in [-0.05, 0) is 47.5 Å². The van der Waals surface area contributed by atoms with Gasteiger partial charge in [0.05, 0.1) is 19.1 Å². The second-order valence-corrected chi connectivity index (χ2v) is 10.4. The number of nitrogens with one attached hydrogen (secondary N) is 1. The fraction of sp³-hybridized carbons (Fsp3) is 0.147. The highest BCUT2D eigenvalue weighted by molar-refractivity contribution is 6.19. The lowest BCUT2D eigenvalue weighted by molar-refractivity contribution is -0.121. The van der Waals surface area contributed by atoms with Crippen molar-refractivity contribution in [2.75, 3.05) is 17.3 Å². The SMILES string of the molecule is COc1ccc(C(=O)[C@@H]2N3c4ccccc4C=C[C@@H]3[C@H](C(=O)c3ccccc3)[C@]23C(=O)Nc2ccccc23)cc1. The smallest absolute Gasteiger partial charge is 0.238 e. The van der Waals surface area contributed by atoms with Crippen LogP contribution < -0.4 is 15.0 Å². The molecule has 6 heteroatoms. The molecule has 7 rings (SSSR count). The van der Waals surface area contributed by atoms with E-state index in [4.69, 9.17) is 4.74 Å². The molecule has 1 fully saturated rings. The molecule has 3 aliphatic heterocycles. The van der Waals surface area contributed by atoms with E-state index >= 15 is 0 Å². The van der Waals surface area contributed by atoms with Crippen LogP contribution in [0.5, 0.6) is 5.75 Å². The van der Waals surface area contributed by atoms with Crippen LogP contribution in [0.15, 0.2) is 109 Å². The van der Waals surface area contributed by atoms with Gasteiger partial charge < -0.3 is 15.0 Å². The Morgan fingerprint density at radius 1 is 0.800 bits per heavy atom. The minimum atomic E-state index is -1.47. The van der Waals surface area contributed by atoms with Gasteiger partial charge >= 0.3 is 0 Å². The molecule has 0 unspecified atom stereocenters. The fourth-order valence-corrected chi connectivity index (χ4v) is 6.83. The number of hydrogen-bond acceptors (Lipinski definition) is 5.